The summed E-state index contributed by atoms with van der Waals surface area (Å²) in [5.74, 6) is -1.56. The van der Waals surface area contributed by atoms with Gasteiger partial charge >= 0.3 is 5.97 Å². The molecule has 0 heterocycles. The van der Waals surface area contributed by atoms with Crippen LogP contribution in [0.5, 0.6) is 0 Å². The molecule has 128 valence electrons. The number of aryl methyl sites for hydroxylation is 1. The van der Waals surface area contributed by atoms with Gasteiger partial charge in [-0.1, -0.05) is 29.8 Å². The van der Waals surface area contributed by atoms with Gasteiger partial charge in [-0.3, -0.25) is 4.79 Å². The van der Waals surface area contributed by atoms with Gasteiger partial charge in [-0.15, -0.1) is 0 Å². The Bertz CT molecular complexity index is 774. The van der Waals surface area contributed by atoms with Crippen molar-refractivity contribution in [3.05, 3.63) is 58.4 Å². The average Bonchev–Trinajstić information content (AvgIpc) is 2.60. The first-order valence-electron chi connectivity index (χ1n) is 7.65. The Balaban J connectivity index is 3.46. The van der Waals surface area contributed by atoms with E-state index >= 15 is 0 Å². The summed E-state index contributed by atoms with van der Waals surface area (Å²) < 4.78 is 10.2. The summed E-state index contributed by atoms with van der Waals surface area (Å²) in [7, 11) is 0. The lowest BCUT2D eigenvalue weighted by atomic mass is 10.0. The van der Waals surface area contributed by atoms with Gasteiger partial charge in [0, 0.05) is 11.6 Å². The molecule has 1 aromatic carbocycles. The molecule has 0 amide bonds. The fourth-order valence-corrected chi connectivity index (χ4v) is 1.91. The smallest absolute Gasteiger partial charge is 0.342 e. The van der Waals surface area contributed by atoms with Gasteiger partial charge < -0.3 is 9.47 Å². The van der Waals surface area contributed by atoms with Gasteiger partial charge in [0.25, 0.3) is 0 Å². The zero-order valence-electron chi connectivity index (χ0n) is 14.3. The predicted octanol–water partition coefficient (Wildman–Crippen LogP) is 3.00. The number of carbonyl (C=O) groups excluding carboxylic acids is 2. The Hall–Kier alpha value is -3.38. The van der Waals surface area contributed by atoms with Crippen LogP contribution in [0, 0.1) is 29.6 Å². The summed E-state index contributed by atoms with van der Waals surface area (Å²) in [6, 6.07) is 10.1. The number of benzene rings is 1. The molecule has 0 radical (unpaired) electrons. The normalized spacial score (nSPS) is 10.2. The fraction of sp³-hybridized carbons (Fsp3) is 0.263. The van der Waals surface area contributed by atoms with Gasteiger partial charge in [-0.25, -0.2) is 4.79 Å². The first kappa shape index (κ1) is 19.7. The summed E-state index contributed by atoms with van der Waals surface area (Å²) in [5, 5.41) is 18.2. The molecule has 1 aromatic rings. The largest absolute Gasteiger partial charge is 0.491 e. The zero-order chi connectivity index (χ0) is 18.8. The van der Waals surface area contributed by atoms with E-state index in [0.717, 1.165) is 11.6 Å². The van der Waals surface area contributed by atoms with Gasteiger partial charge in [0.1, 0.15) is 17.7 Å². The van der Waals surface area contributed by atoms with E-state index in [2.05, 4.69) is 0 Å². The molecule has 0 bridgehead atoms. The maximum atomic E-state index is 12.5. The lowest BCUT2D eigenvalue weighted by Gasteiger charge is -2.12. The lowest BCUT2D eigenvalue weighted by molar-refractivity contribution is -0.138. The van der Waals surface area contributed by atoms with Gasteiger partial charge in [0.2, 0.25) is 0 Å². The van der Waals surface area contributed by atoms with Crippen LogP contribution < -0.4 is 0 Å². The summed E-state index contributed by atoms with van der Waals surface area (Å²) in [4.78, 5) is 24.7. The Morgan fingerprint density at radius 3 is 2.08 bits per heavy atom. The third-order valence-electron chi connectivity index (χ3n) is 3.09. The first-order valence-corrected chi connectivity index (χ1v) is 7.65. The molecule has 0 spiro atoms. The number of carbonyl (C=O) groups is 2. The summed E-state index contributed by atoms with van der Waals surface area (Å²) in [5.41, 5.74) is 0.682. The molecule has 0 aliphatic rings. The molecule has 6 nitrogen and oxygen atoms in total. The van der Waals surface area contributed by atoms with E-state index in [4.69, 9.17) is 20.0 Å². The number of nitriles is 2. The standard InChI is InChI=1S/C19H18N2O4/c1-4-24-18(15(11-20)12-21)16(19(23)25-5-2)10-17(22)14-8-6-13(3)7-9-14/h6-10H,4-5H2,1-3H3/b16-10+. The van der Waals surface area contributed by atoms with Gasteiger partial charge in [-0.2, -0.15) is 10.5 Å². The minimum Gasteiger partial charge on any atom is -0.491 e. The van der Waals surface area contributed by atoms with Gasteiger partial charge in [0.05, 0.1) is 13.2 Å². The Labute approximate surface area is 146 Å². The number of hydrogen-bond acceptors (Lipinski definition) is 6. The van der Waals surface area contributed by atoms with Crippen molar-refractivity contribution < 1.29 is 19.1 Å². The molecule has 0 unspecified atom stereocenters. The van der Waals surface area contributed by atoms with E-state index in [0.29, 0.717) is 5.56 Å². The molecule has 1 rings (SSSR count). The van der Waals surface area contributed by atoms with Crippen LogP contribution in [0.15, 0.2) is 47.2 Å². The van der Waals surface area contributed by atoms with Crippen LogP contribution in [0.4, 0.5) is 0 Å². The molecule has 0 atom stereocenters. The molecule has 0 N–H and O–H groups in total. The minimum absolute atomic E-state index is 0.0722. The van der Waals surface area contributed by atoms with E-state index in [9.17, 15) is 9.59 Å². The van der Waals surface area contributed by atoms with E-state index < -0.39 is 17.3 Å². The van der Waals surface area contributed by atoms with E-state index in [1.54, 1.807) is 50.3 Å². The third-order valence-corrected chi connectivity index (χ3v) is 3.09. The van der Waals surface area contributed by atoms with Crippen molar-refractivity contribution in [2.45, 2.75) is 20.8 Å². The highest BCUT2D eigenvalue weighted by Crippen LogP contribution is 2.19. The molecule has 6 heteroatoms. The van der Waals surface area contributed by atoms with Crippen LogP contribution in [0.1, 0.15) is 29.8 Å². The number of ether oxygens (including phenoxy) is 2. The molecular weight excluding hydrogens is 320 g/mol. The number of nitrogens with zero attached hydrogens (tertiary/aromatic N) is 2. The molecule has 0 aliphatic heterocycles. The number of hydrogen-bond donors (Lipinski definition) is 0. The zero-order valence-corrected chi connectivity index (χ0v) is 14.3. The second kappa shape index (κ2) is 9.69. The van der Waals surface area contributed by atoms with Gasteiger partial charge in [0.15, 0.2) is 17.1 Å². The summed E-state index contributed by atoms with van der Waals surface area (Å²) in [6.07, 6.45) is 1.03. The Morgan fingerprint density at radius 2 is 1.60 bits per heavy atom. The quantitative estimate of drug-likeness (QED) is 0.189. The SMILES string of the molecule is CCOC(=O)/C(=C/C(=O)c1ccc(C)cc1)C(OCC)=C(C#N)C#N. The van der Waals surface area contributed by atoms with Crippen molar-refractivity contribution in [1.29, 1.82) is 10.5 Å². The number of allylic oxidation sites excluding steroid dienone is 2. The van der Waals surface area contributed by atoms with Crippen molar-refractivity contribution in [2.24, 2.45) is 0 Å². The molecule has 0 aliphatic carbocycles. The Kier molecular flexibility index (Phi) is 7.62. The van der Waals surface area contributed by atoms with Crippen molar-refractivity contribution in [3.8, 4) is 12.1 Å². The molecule has 0 fully saturated rings. The van der Waals surface area contributed by atoms with Crippen molar-refractivity contribution in [2.75, 3.05) is 13.2 Å². The lowest BCUT2D eigenvalue weighted by Crippen LogP contribution is -2.15. The average molecular weight is 338 g/mol. The summed E-state index contributed by atoms with van der Waals surface area (Å²) >= 11 is 0. The van der Waals surface area contributed by atoms with Crippen LogP contribution >= 0.6 is 0 Å². The number of ketones is 1. The molecular formula is C19H18N2O4. The monoisotopic (exact) mass is 338 g/mol. The minimum atomic E-state index is -0.839. The first-order chi connectivity index (χ1) is 12.0. The maximum absolute atomic E-state index is 12.5. The molecule has 0 saturated heterocycles. The molecule has 0 saturated carbocycles. The van der Waals surface area contributed by atoms with Crippen LogP contribution in [0.25, 0.3) is 0 Å². The highest BCUT2D eigenvalue weighted by Gasteiger charge is 2.23. The van der Waals surface area contributed by atoms with Crippen LogP contribution in [0.2, 0.25) is 0 Å². The molecule has 25 heavy (non-hydrogen) atoms. The van der Waals surface area contributed by atoms with Crippen LogP contribution in [0.3, 0.4) is 0 Å². The predicted molar refractivity (Wildman–Crippen MR) is 90.1 cm³/mol. The fourth-order valence-electron chi connectivity index (χ4n) is 1.91. The second-order valence-corrected chi connectivity index (χ2v) is 4.87. The Morgan fingerprint density at radius 1 is 1.04 bits per heavy atom. The summed E-state index contributed by atoms with van der Waals surface area (Å²) in [6.45, 7) is 5.31. The van der Waals surface area contributed by atoms with Crippen LogP contribution in [-0.4, -0.2) is 25.0 Å². The highest BCUT2D eigenvalue weighted by atomic mass is 16.5. The second-order valence-electron chi connectivity index (χ2n) is 4.87. The van der Waals surface area contributed by atoms with E-state index in [1.807, 2.05) is 6.92 Å². The topological polar surface area (TPSA) is 100 Å². The highest BCUT2D eigenvalue weighted by molar-refractivity contribution is 6.10. The van der Waals surface area contributed by atoms with Crippen molar-refractivity contribution in [3.63, 3.8) is 0 Å². The number of esters is 1. The van der Waals surface area contributed by atoms with Gasteiger partial charge in [-0.05, 0) is 20.8 Å². The van der Waals surface area contributed by atoms with E-state index in [-0.39, 0.29) is 24.5 Å². The van der Waals surface area contributed by atoms with E-state index in [1.165, 1.54) is 0 Å². The maximum Gasteiger partial charge on any atom is 0.342 e. The van der Waals surface area contributed by atoms with Crippen LogP contribution in [-0.2, 0) is 14.3 Å². The molecule has 0 aromatic heterocycles. The van der Waals surface area contributed by atoms with Crippen molar-refractivity contribution >= 4 is 11.8 Å². The third kappa shape index (κ3) is 5.33. The number of rotatable bonds is 7. The van der Waals surface area contributed by atoms with Crippen molar-refractivity contribution in [1.82, 2.24) is 0 Å².